The number of likely N-dealkylation sites (tertiary alicyclic amines) is 1. The molecule has 1 aliphatic heterocycles. The maximum Gasteiger partial charge on any atom is 0.387 e. The first-order valence-electron chi connectivity index (χ1n) is 5.53. The van der Waals surface area contributed by atoms with E-state index in [1.807, 2.05) is 0 Å². The summed E-state index contributed by atoms with van der Waals surface area (Å²) in [5.41, 5.74) is 0. The van der Waals surface area contributed by atoms with Crippen LogP contribution in [0.3, 0.4) is 0 Å². The zero-order valence-electron chi connectivity index (χ0n) is 9.71. The molecule has 1 fully saturated rings. The number of carbonyl (C=O) groups is 2. The van der Waals surface area contributed by atoms with Gasteiger partial charge < -0.3 is 14.7 Å². The Hall–Kier alpha value is -1.70. The molecule has 19 heavy (non-hydrogen) atoms. The van der Waals surface area contributed by atoms with Crippen LogP contribution < -0.4 is 4.74 Å². The van der Waals surface area contributed by atoms with Gasteiger partial charge in [-0.05, 0) is 17.9 Å². The van der Waals surface area contributed by atoms with Gasteiger partial charge in [0.25, 0.3) is 5.91 Å². The van der Waals surface area contributed by atoms with Crippen molar-refractivity contribution in [1.29, 1.82) is 0 Å². The molecule has 1 amide bonds. The number of aliphatic carboxylic acids is 1. The molecule has 1 aromatic rings. The van der Waals surface area contributed by atoms with Crippen molar-refractivity contribution >= 4 is 23.2 Å². The molecule has 8 heteroatoms. The number of amides is 1. The Morgan fingerprint density at radius 1 is 1.53 bits per heavy atom. The summed E-state index contributed by atoms with van der Waals surface area (Å²) in [6, 6.07) is 1.30. The molecule has 0 spiro atoms. The lowest BCUT2D eigenvalue weighted by atomic mass is 10.1. The fourth-order valence-electron chi connectivity index (χ4n) is 1.93. The van der Waals surface area contributed by atoms with Gasteiger partial charge in [0.05, 0.1) is 5.92 Å². The maximum atomic E-state index is 12.2. The van der Waals surface area contributed by atoms with Gasteiger partial charge in [-0.2, -0.15) is 8.78 Å². The van der Waals surface area contributed by atoms with Crippen molar-refractivity contribution in [2.45, 2.75) is 13.0 Å². The first-order valence-corrected chi connectivity index (χ1v) is 6.41. The molecular weight excluding hydrogens is 280 g/mol. The average molecular weight is 291 g/mol. The Kier molecular flexibility index (Phi) is 3.98. The van der Waals surface area contributed by atoms with Gasteiger partial charge in [0.2, 0.25) is 0 Å². The lowest BCUT2D eigenvalue weighted by Crippen LogP contribution is -2.29. The van der Waals surface area contributed by atoms with E-state index in [2.05, 4.69) is 4.74 Å². The number of ether oxygens (including phenoxy) is 1. The van der Waals surface area contributed by atoms with E-state index in [4.69, 9.17) is 5.11 Å². The van der Waals surface area contributed by atoms with Gasteiger partial charge in [-0.3, -0.25) is 9.59 Å². The van der Waals surface area contributed by atoms with E-state index in [1.54, 1.807) is 0 Å². The lowest BCUT2D eigenvalue weighted by molar-refractivity contribution is -0.141. The van der Waals surface area contributed by atoms with E-state index in [-0.39, 0.29) is 17.2 Å². The van der Waals surface area contributed by atoms with Crippen LogP contribution in [0, 0.1) is 5.92 Å². The van der Waals surface area contributed by atoms with Gasteiger partial charge in [-0.15, -0.1) is 11.3 Å². The van der Waals surface area contributed by atoms with Crippen LogP contribution in [0.15, 0.2) is 11.4 Å². The second-order valence-electron chi connectivity index (χ2n) is 4.07. The van der Waals surface area contributed by atoms with Crippen LogP contribution in [0.4, 0.5) is 8.78 Å². The predicted octanol–water partition coefficient (Wildman–Crippen LogP) is 1.90. The monoisotopic (exact) mass is 291 g/mol. The quantitative estimate of drug-likeness (QED) is 0.920. The molecule has 5 nitrogen and oxygen atoms in total. The first kappa shape index (κ1) is 13.7. The minimum atomic E-state index is -2.99. The van der Waals surface area contributed by atoms with Crippen molar-refractivity contribution in [1.82, 2.24) is 4.90 Å². The van der Waals surface area contributed by atoms with Crippen LogP contribution in [0.5, 0.6) is 5.75 Å². The minimum Gasteiger partial charge on any atom is -0.481 e. The van der Waals surface area contributed by atoms with Crippen LogP contribution in [0.25, 0.3) is 0 Å². The molecule has 1 unspecified atom stereocenters. The van der Waals surface area contributed by atoms with E-state index in [9.17, 15) is 18.4 Å². The number of hydrogen-bond acceptors (Lipinski definition) is 4. The average Bonchev–Trinajstić information content (AvgIpc) is 2.95. The number of nitrogens with zero attached hydrogens (tertiary/aromatic N) is 1. The Morgan fingerprint density at radius 2 is 2.26 bits per heavy atom. The molecule has 1 atom stereocenters. The van der Waals surface area contributed by atoms with Gasteiger partial charge in [-0.25, -0.2) is 0 Å². The largest absolute Gasteiger partial charge is 0.481 e. The summed E-state index contributed by atoms with van der Waals surface area (Å²) in [5.74, 6) is -2.17. The molecule has 1 aromatic heterocycles. The third-order valence-electron chi connectivity index (χ3n) is 2.86. The second kappa shape index (κ2) is 5.52. The van der Waals surface area contributed by atoms with Gasteiger partial charge in [0.15, 0.2) is 0 Å². The minimum absolute atomic E-state index is 0.0753. The fourth-order valence-corrected chi connectivity index (χ4v) is 2.72. The van der Waals surface area contributed by atoms with E-state index < -0.39 is 24.4 Å². The SMILES string of the molecule is O=C(O)C1CCN(C(=O)c2sccc2OC(F)F)C1. The van der Waals surface area contributed by atoms with E-state index >= 15 is 0 Å². The molecule has 0 bridgehead atoms. The topological polar surface area (TPSA) is 66.8 Å². The molecule has 0 saturated carbocycles. The maximum absolute atomic E-state index is 12.2. The van der Waals surface area contributed by atoms with Crippen LogP contribution in [-0.2, 0) is 4.79 Å². The number of thiophene rings is 1. The van der Waals surface area contributed by atoms with Crippen LogP contribution in [0.2, 0.25) is 0 Å². The zero-order valence-corrected chi connectivity index (χ0v) is 10.5. The van der Waals surface area contributed by atoms with Gasteiger partial charge in [-0.1, -0.05) is 0 Å². The lowest BCUT2D eigenvalue weighted by Gasteiger charge is -2.15. The van der Waals surface area contributed by atoms with Crippen molar-refractivity contribution in [3.63, 3.8) is 0 Å². The van der Waals surface area contributed by atoms with Crippen molar-refractivity contribution < 1.29 is 28.2 Å². The highest BCUT2D eigenvalue weighted by atomic mass is 32.1. The number of halogens is 2. The third-order valence-corrected chi connectivity index (χ3v) is 3.75. The Labute approximate surface area is 111 Å². The molecule has 1 saturated heterocycles. The summed E-state index contributed by atoms with van der Waals surface area (Å²) in [6.07, 6.45) is 0.373. The number of carboxylic acids is 1. The Bertz CT molecular complexity index is 491. The number of carboxylic acid groups (broad SMARTS) is 1. The van der Waals surface area contributed by atoms with Gasteiger partial charge in [0.1, 0.15) is 10.6 Å². The highest BCUT2D eigenvalue weighted by molar-refractivity contribution is 7.12. The molecule has 2 rings (SSSR count). The first-order chi connectivity index (χ1) is 8.99. The second-order valence-corrected chi connectivity index (χ2v) is 4.98. The van der Waals surface area contributed by atoms with Crippen LogP contribution in [0.1, 0.15) is 16.1 Å². The van der Waals surface area contributed by atoms with Crippen LogP contribution in [-0.4, -0.2) is 41.6 Å². The highest BCUT2D eigenvalue weighted by Gasteiger charge is 2.33. The molecule has 2 heterocycles. The molecule has 0 aromatic carbocycles. The fraction of sp³-hybridized carbons (Fsp3) is 0.455. The van der Waals surface area contributed by atoms with E-state index in [0.717, 1.165) is 11.3 Å². The third kappa shape index (κ3) is 3.01. The standard InChI is InChI=1S/C11H11F2NO4S/c12-11(13)18-7-2-4-19-8(7)9(15)14-3-1-6(5-14)10(16)17/h2,4,6,11H,1,3,5H2,(H,16,17). The Morgan fingerprint density at radius 3 is 2.84 bits per heavy atom. The van der Waals surface area contributed by atoms with Gasteiger partial charge >= 0.3 is 12.6 Å². The summed E-state index contributed by atoms with van der Waals surface area (Å²) in [5, 5.41) is 10.3. The molecule has 1 N–H and O–H groups in total. The predicted molar refractivity (Wildman–Crippen MR) is 62.6 cm³/mol. The molecule has 0 aliphatic carbocycles. The van der Waals surface area contributed by atoms with Crippen molar-refractivity contribution in [3.05, 3.63) is 16.3 Å². The molecule has 104 valence electrons. The zero-order chi connectivity index (χ0) is 14.0. The number of alkyl halides is 2. The Balaban J connectivity index is 2.08. The van der Waals surface area contributed by atoms with Gasteiger partial charge in [0, 0.05) is 13.1 Å². The van der Waals surface area contributed by atoms with Crippen LogP contribution >= 0.6 is 11.3 Å². The van der Waals surface area contributed by atoms with E-state index in [1.165, 1.54) is 16.3 Å². The normalized spacial score (nSPS) is 18.9. The summed E-state index contributed by atoms with van der Waals surface area (Å²) in [6.45, 7) is -2.59. The molecular formula is C11H11F2NO4S. The van der Waals surface area contributed by atoms with Crippen molar-refractivity contribution in [2.75, 3.05) is 13.1 Å². The molecule has 0 radical (unpaired) electrons. The van der Waals surface area contributed by atoms with E-state index in [0.29, 0.717) is 13.0 Å². The summed E-state index contributed by atoms with van der Waals surface area (Å²) < 4.78 is 28.6. The summed E-state index contributed by atoms with van der Waals surface area (Å²) >= 11 is 0.999. The van der Waals surface area contributed by atoms with Crippen molar-refractivity contribution in [2.24, 2.45) is 5.92 Å². The number of hydrogen-bond donors (Lipinski definition) is 1. The number of carbonyl (C=O) groups excluding carboxylic acids is 1. The summed E-state index contributed by atoms with van der Waals surface area (Å²) in [4.78, 5) is 24.3. The van der Waals surface area contributed by atoms with Crippen molar-refractivity contribution in [3.8, 4) is 5.75 Å². The summed E-state index contributed by atoms with van der Waals surface area (Å²) in [7, 11) is 0. The molecule has 1 aliphatic rings. The smallest absolute Gasteiger partial charge is 0.387 e. The number of rotatable bonds is 4. The highest BCUT2D eigenvalue weighted by Crippen LogP contribution is 2.29.